The van der Waals surface area contributed by atoms with E-state index in [0.717, 1.165) is 18.4 Å². The maximum atomic E-state index is 12.9. The Morgan fingerprint density at radius 1 is 0.853 bits per heavy atom. The highest BCUT2D eigenvalue weighted by Gasteiger charge is 2.17. The average molecular weight is 480 g/mol. The van der Waals surface area contributed by atoms with Crippen LogP contribution in [0.2, 0.25) is 0 Å². The van der Waals surface area contributed by atoms with E-state index in [-0.39, 0.29) is 10.8 Å². The highest BCUT2D eigenvalue weighted by Crippen LogP contribution is 2.23. The van der Waals surface area contributed by atoms with Crippen molar-refractivity contribution >= 4 is 33.2 Å². The Morgan fingerprint density at radius 3 is 2.24 bits per heavy atom. The summed E-state index contributed by atoms with van der Waals surface area (Å²) in [6.45, 7) is 6.21. The lowest BCUT2D eigenvalue weighted by Gasteiger charge is -2.14. The molecule has 0 aliphatic carbocycles. The number of carbonyl (C=O) groups is 2. The predicted octanol–water partition coefficient (Wildman–Crippen LogP) is 4.89. The molecule has 178 valence electrons. The molecule has 0 atom stereocenters. The molecule has 0 aliphatic rings. The molecule has 0 spiro atoms. The number of para-hydroxylation sites is 1. The number of anilines is 2. The second-order valence-corrected chi connectivity index (χ2v) is 9.74. The fourth-order valence-corrected chi connectivity index (χ4v) is 4.43. The fourth-order valence-electron chi connectivity index (χ4n) is 3.30. The van der Waals surface area contributed by atoms with Crippen LogP contribution in [0.15, 0.2) is 71.6 Å². The Hall–Kier alpha value is -3.65. The van der Waals surface area contributed by atoms with Gasteiger partial charge in [-0.15, -0.1) is 0 Å². The third-order valence-corrected chi connectivity index (χ3v) is 6.68. The summed E-state index contributed by atoms with van der Waals surface area (Å²) in [7, 11) is -3.75. The molecule has 8 heteroatoms. The minimum Gasteiger partial charge on any atom is -0.352 e. The van der Waals surface area contributed by atoms with Gasteiger partial charge in [-0.1, -0.05) is 43.2 Å². The summed E-state index contributed by atoms with van der Waals surface area (Å²) < 4.78 is 28.0. The number of nitrogens with one attached hydrogen (secondary N) is 3. The molecule has 0 unspecified atom stereocenters. The minimum atomic E-state index is -3.75. The Bertz CT molecular complexity index is 1290. The molecule has 0 heterocycles. The summed E-state index contributed by atoms with van der Waals surface area (Å²) >= 11 is 0. The molecule has 3 N–H and O–H groups in total. The van der Waals surface area contributed by atoms with Crippen molar-refractivity contribution in [1.82, 2.24) is 5.32 Å². The maximum Gasteiger partial charge on any atom is 0.261 e. The van der Waals surface area contributed by atoms with Crippen molar-refractivity contribution in [1.29, 1.82) is 0 Å². The zero-order chi connectivity index (χ0) is 24.7. The van der Waals surface area contributed by atoms with Crippen molar-refractivity contribution in [2.45, 2.75) is 38.5 Å². The quantitative estimate of drug-likeness (QED) is 0.380. The molecule has 0 aromatic heterocycles. The molecule has 0 radical (unpaired) electrons. The van der Waals surface area contributed by atoms with Gasteiger partial charge in [0.25, 0.3) is 21.8 Å². The third kappa shape index (κ3) is 6.23. The minimum absolute atomic E-state index is 0.160. The maximum absolute atomic E-state index is 12.9. The van der Waals surface area contributed by atoms with Gasteiger partial charge in [0.05, 0.1) is 21.8 Å². The van der Waals surface area contributed by atoms with Crippen molar-refractivity contribution in [3.8, 4) is 0 Å². The van der Waals surface area contributed by atoms with Crippen LogP contribution in [0.1, 0.15) is 51.6 Å². The van der Waals surface area contributed by atoms with Gasteiger partial charge in [-0.2, -0.15) is 0 Å². The molecule has 3 aromatic rings. The van der Waals surface area contributed by atoms with Crippen LogP contribution in [0.25, 0.3) is 0 Å². The predicted molar refractivity (Wildman–Crippen MR) is 135 cm³/mol. The van der Waals surface area contributed by atoms with Crippen LogP contribution in [0.5, 0.6) is 0 Å². The average Bonchev–Trinajstić information content (AvgIpc) is 2.81. The Balaban J connectivity index is 1.75. The first-order chi connectivity index (χ1) is 16.2. The summed E-state index contributed by atoms with van der Waals surface area (Å²) in [5.41, 5.74) is 3.07. The zero-order valence-electron chi connectivity index (χ0n) is 19.5. The van der Waals surface area contributed by atoms with Crippen LogP contribution in [0.3, 0.4) is 0 Å². The Kier molecular flexibility index (Phi) is 8.07. The summed E-state index contributed by atoms with van der Waals surface area (Å²) in [4.78, 5) is 25.5. The van der Waals surface area contributed by atoms with Crippen molar-refractivity contribution in [3.05, 3.63) is 89.0 Å². The van der Waals surface area contributed by atoms with Gasteiger partial charge in [0.2, 0.25) is 0 Å². The van der Waals surface area contributed by atoms with Crippen molar-refractivity contribution in [3.63, 3.8) is 0 Å². The zero-order valence-corrected chi connectivity index (χ0v) is 20.3. The molecule has 0 bridgehead atoms. The molecular weight excluding hydrogens is 450 g/mol. The van der Waals surface area contributed by atoms with Crippen LogP contribution >= 0.6 is 0 Å². The number of unbranched alkanes of at least 4 members (excludes halogenated alkanes) is 1. The summed E-state index contributed by atoms with van der Waals surface area (Å²) in [5, 5.41) is 5.64. The van der Waals surface area contributed by atoms with Crippen molar-refractivity contribution in [2.75, 3.05) is 16.6 Å². The van der Waals surface area contributed by atoms with Gasteiger partial charge in [0, 0.05) is 12.1 Å². The first kappa shape index (κ1) is 25.0. The molecule has 2 amide bonds. The van der Waals surface area contributed by atoms with Gasteiger partial charge in [-0.3, -0.25) is 14.3 Å². The van der Waals surface area contributed by atoms with E-state index < -0.39 is 15.9 Å². The van der Waals surface area contributed by atoms with E-state index in [1.54, 1.807) is 73.7 Å². The van der Waals surface area contributed by atoms with Gasteiger partial charge in [0.15, 0.2) is 0 Å². The van der Waals surface area contributed by atoms with Crippen LogP contribution in [0.4, 0.5) is 11.4 Å². The lowest BCUT2D eigenvalue weighted by molar-refractivity contribution is 0.0954. The van der Waals surface area contributed by atoms with Gasteiger partial charge >= 0.3 is 0 Å². The van der Waals surface area contributed by atoms with Crippen LogP contribution in [-0.2, 0) is 10.0 Å². The fraction of sp³-hybridized carbons (Fsp3) is 0.231. The van der Waals surface area contributed by atoms with Gasteiger partial charge < -0.3 is 10.6 Å². The van der Waals surface area contributed by atoms with E-state index in [0.29, 0.717) is 34.6 Å². The van der Waals surface area contributed by atoms with E-state index in [4.69, 9.17) is 0 Å². The molecule has 7 nitrogen and oxygen atoms in total. The number of rotatable bonds is 9. The lowest BCUT2D eigenvalue weighted by atomic mass is 10.1. The smallest absolute Gasteiger partial charge is 0.261 e. The molecule has 0 saturated heterocycles. The van der Waals surface area contributed by atoms with E-state index >= 15 is 0 Å². The number of carbonyl (C=O) groups excluding carboxylic acids is 2. The van der Waals surface area contributed by atoms with Crippen molar-refractivity contribution in [2.24, 2.45) is 0 Å². The third-order valence-electron chi connectivity index (χ3n) is 5.30. The highest BCUT2D eigenvalue weighted by atomic mass is 32.2. The van der Waals surface area contributed by atoms with E-state index in [1.165, 1.54) is 0 Å². The lowest BCUT2D eigenvalue weighted by Crippen LogP contribution is -2.26. The first-order valence-electron chi connectivity index (χ1n) is 11.1. The second-order valence-electron chi connectivity index (χ2n) is 8.06. The van der Waals surface area contributed by atoms with Crippen LogP contribution in [-0.4, -0.2) is 26.8 Å². The van der Waals surface area contributed by atoms with Crippen molar-refractivity contribution < 1.29 is 18.0 Å². The number of benzene rings is 3. The number of aryl methyl sites for hydroxylation is 2. The number of sulfonamides is 1. The van der Waals surface area contributed by atoms with Gasteiger partial charge in [-0.25, -0.2) is 8.42 Å². The van der Waals surface area contributed by atoms with Gasteiger partial charge in [-0.05, 0) is 68.3 Å². The Morgan fingerprint density at radius 2 is 1.56 bits per heavy atom. The van der Waals surface area contributed by atoms with Crippen LogP contribution < -0.4 is 15.4 Å². The molecule has 34 heavy (non-hydrogen) atoms. The molecule has 3 rings (SSSR count). The molecule has 0 fully saturated rings. The number of hydrogen-bond acceptors (Lipinski definition) is 4. The van der Waals surface area contributed by atoms with E-state index in [9.17, 15) is 18.0 Å². The monoisotopic (exact) mass is 479 g/mol. The Labute approximate surface area is 200 Å². The van der Waals surface area contributed by atoms with Gasteiger partial charge in [0.1, 0.15) is 0 Å². The van der Waals surface area contributed by atoms with Crippen LogP contribution in [0, 0.1) is 13.8 Å². The summed E-state index contributed by atoms with van der Waals surface area (Å²) in [5.74, 6) is -0.647. The summed E-state index contributed by atoms with van der Waals surface area (Å²) in [6, 6.07) is 18.1. The molecule has 3 aromatic carbocycles. The summed E-state index contributed by atoms with van der Waals surface area (Å²) in [6.07, 6.45) is 1.84. The number of amides is 2. The molecular formula is C26H29N3O4S. The molecule has 0 saturated carbocycles. The normalized spacial score (nSPS) is 11.0. The second kappa shape index (κ2) is 11.0. The first-order valence-corrected chi connectivity index (χ1v) is 12.6. The number of hydrogen-bond donors (Lipinski definition) is 3. The largest absolute Gasteiger partial charge is 0.352 e. The SMILES string of the molecule is CCCCNC(=O)c1ccccc1NC(=O)c1ccc(NS(=O)(=O)c2ccc(C)cc2)c(C)c1. The standard InChI is InChI=1S/C26H29N3O4S/c1-4-5-16-27-26(31)22-8-6-7-9-24(22)28-25(30)20-12-15-23(19(3)17-20)29-34(32,33)21-13-10-18(2)11-14-21/h6-15,17,29H,4-5,16H2,1-3H3,(H,27,31)(H,28,30). The highest BCUT2D eigenvalue weighted by molar-refractivity contribution is 7.92. The van der Waals surface area contributed by atoms with E-state index in [2.05, 4.69) is 15.4 Å². The topological polar surface area (TPSA) is 104 Å². The molecule has 0 aliphatic heterocycles. The van der Waals surface area contributed by atoms with E-state index in [1.807, 2.05) is 13.8 Å².